The van der Waals surface area contributed by atoms with Gasteiger partial charge in [-0.3, -0.25) is 4.79 Å². The molecule has 4 rings (SSSR count). The topological polar surface area (TPSA) is 69.9 Å². The van der Waals surface area contributed by atoms with Gasteiger partial charge < -0.3 is 15.3 Å². The molecule has 6 heteroatoms. The van der Waals surface area contributed by atoms with E-state index in [1.165, 1.54) is 12.8 Å². The Morgan fingerprint density at radius 1 is 1.25 bits per heavy atom. The van der Waals surface area contributed by atoms with Crippen LogP contribution in [0.15, 0.2) is 24.5 Å². The van der Waals surface area contributed by atoms with Gasteiger partial charge in [-0.15, -0.1) is 0 Å². The van der Waals surface area contributed by atoms with Crippen molar-refractivity contribution in [3.05, 3.63) is 30.1 Å². The van der Waals surface area contributed by atoms with Crippen LogP contribution < -0.4 is 10.2 Å². The van der Waals surface area contributed by atoms with Crippen LogP contribution in [0.2, 0.25) is 0 Å². The monoisotopic (exact) mass is 328 g/mol. The Kier molecular flexibility index (Phi) is 4.14. The van der Waals surface area contributed by atoms with Crippen molar-refractivity contribution in [3.63, 3.8) is 0 Å². The molecule has 3 heterocycles. The van der Waals surface area contributed by atoms with E-state index >= 15 is 0 Å². The Morgan fingerprint density at radius 2 is 2.08 bits per heavy atom. The van der Waals surface area contributed by atoms with E-state index in [9.17, 15) is 9.90 Å². The first-order valence-corrected chi connectivity index (χ1v) is 8.92. The second-order valence-electron chi connectivity index (χ2n) is 6.96. The van der Waals surface area contributed by atoms with Crippen molar-refractivity contribution in [3.8, 4) is 0 Å². The minimum absolute atomic E-state index is 0.0537. The standard InChI is InChI=1S/C18H24N4O2/c23-15-5-3-4-13(10-15)20-18(24)16-12-19-22-9-6-14(11-17(16)22)21-7-1-2-8-21/h6,9,11-13,15,23H,1-5,7-8,10H2,(H,20,24). The highest BCUT2D eigenvalue weighted by Gasteiger charge is 2.23. The van der Waals surface area contributed by atoms with Crippen LogP contribution in [-0.2, 0) is 0 Å². The summed E-state index contributed by atoms with van der Waals surface area (Å²) in [6.07, 6.45) is 9.08. The Hall–Kier alpha value is -2.08. The summed E-state index contributed by atoms with van der Waals surface area (Å²) in [6.45, 7) is 2.15. The third kappa shape index (κ3) is 2.98. The highest BCUT2D eigenvalue weighted by atomic mass is 16.3. The maximum absolute atomic E-state index is 12.7. The predicted molar refractivity (Wildman–Crippen MR) is 92.4 cm³/mol. The lowest BCUT2D eigenvalue weighted by atomic mass is 9.93. The average Bonchev–Trinajstić information content (AvgIpc) is 3.24. The molecule has 1 aliphatic heterocycles. The second kappa shape index (κ2) is 6.43. The van der Waals surface area contributed by atoms with E-state index in [4.69, 9.17) is 0 Å². The first kappa shape index (κ1) is 15.4. The van der Waals surface area contributed by atoms with Gasteiger partial charge in [0.15, 0.2) is 0 Å². The molecular formula is C18H24N4O2. The Morgan fingerprint density at radius 3 is 2.88 bits per heavy atom. The van der Waals surface area contributed by atoms with Crippen molar-refractivity contribution in [2.75, 3.05) is 18.0 Å². The summed E-state index contributed by atoms with van der Waals surface area (Å²) in [6, 6.07) is 4.17. The molecule has 1 saturated heterocycles. The molecule has 2 atom stereocenters. The third-order valence-corrected chi connectivity index (χ3v) is 5.20. The molecule has 2 N–H and O–H groups in total. The van der Waals surface area contributed by atoms with Crippen LogP contribution in [0.5, 0.6) is 0 Å². The summed E-state index contributed by atoms with van der Waals surface area (Å²) in [5, 5.41) is 17.1. The zero-order valence-corrected chi connectivity index (χ0v) is 13.8. The van der Waals surface area contributed by atoms with E-state index < -0.39 is 0 Å². The minimum atomic E-state index is -0.297. The van der Waals surface area contributed by atoms with Crippen LogP contribution in [-0.4, -0.2) is 45.9 Å². The molecule has 0 bridgehead atoms. The molecule has 1 amide bonds. The number of nitrogens with one attached hydrogen (secondary N) is 1. The smallest absolute Gasteiger partial charge is 0.255 e. The van der Waals surface area contributed by atoms with E-state index in [0.29, 0.717) is 12.0 Å². The number of fused-ring (bicyclic) bond motifs is 1. The summed E-state index contributed by atoms with van der Waals surface area (Å²) in [4.78, 5) is 15.0. The second-order valence-corrected chi connectivity index (χ2v) is 6.96. The van der Waals surface area contributed by atoms with Crippen molar-refractivity contribution < 1.29 is 9.90 Å². The number of aromatic nitrogens is 2. The fourth-order valence-electron chi connectivity index (χ4n) is 3.87. The van der Waals surface area contributed by atoms with E-state index in [0.717, 1.165) is 43.6 Å². The molecule has 6 nitrogen and oxygen atoms in total. The van der Waals surface area contributed by atoms with Gasteiger partial charge in [-0.05, 0) is 50.7 Å². The molecule has 0 aromatic carbocycles. The molecule has 128 valence electrons. The van der Waals surface area contributed by atoms with Gasteiger partial charge >= 0.3 is 0 Å². The number of hydrogen-bond acceptors (Lipinski definition) is 4. The van der Waals surface area contributed by atoms with Gasteiger partial charge in [0.2, 0.25) is 0 Å². The van der Waals surface area contributed by atoms with Crippen LogP contribution in [0.1, 0.15) is 48.9 Å². The molecule has 1 aliphatic carbocycles. The fraction of sp³-hybridized carbons (Fsp3) is 0.556. The number of aliphatic hydroxyl groups is 1. The summed E-state index contributed by atoms with van der Waals surface area (Å²) in [7, 11) is 0. The zero-order valence-electron chi connectivity index (χ0n) is 13.8. The molecule has 2 unspecified atom stereocenters. The fourth-order valence-corrected chi connectivity index (χ4v) is 3.87. The lowest BCUT2D eigenvalue weighted by molar-refractivity contribution is 0.0851. The number of hydrogen-bond donors (Lipinski definition) is 2. The molecule has 24 heavy (non-hydrogen) atoms. The normalized spacial score (nSPS) is 24.5. The number of nitrogens with zero attached hydrogens (tertiary/aromatic N) is 3. The van der Waals surface area contributed by atoms with Crippen molar-refractivity contribution in [1.29, 1.82) is 0 Å². The minimum Gasteiger partial charge on any atom is -0.393 e. The Balaban J connectivity index is 1.56. The lowest BCUT2D eigenvalue weighted by Gasteiger charge is -2.26. The summed E-state index contributed by atoms with van der Waals surface area (Å²) >= 11 is 0. The predicted octanol–water partition coefficient (Wildman–Crippen LogP) is 1.97. The van der Waals surface area contributed by atoms with Gasteiger partial charge in [0, 0.05) is 31.0 Å². The van der Waals surface area contributed by atoms with Gasteiger partial charge in [-0.1, -0.05) is 0 Å². The summed E-state index contributed by atoms with van der Waals surface area (Å²) in [5.74, 6) is -0.0947. The van der Waals surface area contributed by atoms with Crippen molar-refractivity contribution in [2.45, 2.75) is 50.7 Å². The van der Waals surface area contributed by atoms with E-state index in [2.05, 4.69) is 27.4 Å². The van der Waals surface area contributed by atoms with Crippen LogP contribution in [0.25, 0.3) is 5.52 Å². The van der Waals surface area contributed by atoms with Crippen molar-refractivity contribution in [2.24, 2.45) is 0 Å². The molecule has 0 radical (unpaired) electrons. The molecule has 2 aromatic rings. The van der Waals surface area contributed by atoms with Crippen LogP contribution in [0.4, 0.5) is 5.69 Å². The SMILES string of the molecule is O=C(NC1CCCC(O)C1)c1cnn2ccc(N3CCCC3)cc12. The van der Waals surface area contributed by atoms with Crippen LogP contribution in [0, 0.1) is 0 Å². The number of amides is 1. The molecule has 2 aromatic heterocycles. The quantitative estimate of drug-likeness (QED) is 0.904. The summed E-state index contributed by atoms with van der Waals surface area (Å²) in [5.41, 5.74) is 2.60. The lowest BCUT2D eigenvalue weighted by Crippen LogP contribution is -2.39. The van der Waals surface area contributed by atoms with Crippen LogP contribution >= 0.6 is 0 Å². The molecule has 0 spiro atoms. The molecule has 2 aliphatic rings. The number of anilines is 1. The van der Waals surface area contributed by atoms with Gasteiger partial charge in [-0.2, -0.15) is 5.10 Å². The van der Waals surface area contributed by atoms with Gasteiger partial charge in [-0.25, -0.2) is 4.52 Å². The molecular weight excluding hydrogens is 304 g/mol. The highest BCUT2D eigenvalue weighted by molar-refractivity contribution is 6.01. The average molecular weight is 328 g/mol. The largest absolute Gasteiger partial charge is 0.393 e. The van der Waals surface area contributed by atoms with Crippen molar-refractivity contribution >= 4 is 17.1 Å². The third-order valence-electron chi connectivity index (χ3n) is 5.20. The number of carbonyl (C=O) groups is 1. The number of pyridine rings is 1. The number of rotatable bonds is 3. The van der Waals surface area contributed by atoms with E-state index in [1.54, 1.807) is 10.7 Å². The van der Waals surface area contributed by atoms with Crippen molar-refractivity contribution in [1.82, 2.24) is 14.9 Å². The molecule has 1 saturated carbocycles. The highest BCUT2D eigenvalue weighted by Crippen LogP contribution is 2.24. The molecule has 2 fully saturated rings. The van der Waals surface area contributed by atoms with E-state index in [1.807, 2.05) is 6.20 Å². The number of carbonyl (C=O) groups excluding carboxylic acids is 1. The number of aliphatic hydroxyl groups excluding tert-OH is 1. The van der Waals surface area contributed by atoms with E-state index in [-0.39, 0.29) is 18.1 Å². The van der Waals surface area contributed by atoms with Gasteiger partial charge in [0.05, 0.1) is 23.4 Å². The maximum atomic E-state index is 12.7. The summed E-state index contributed by atoms with van der Waals surface area (Å²) < 4.78 is 1.75. The van der Waals surface area contributed by atoms with Crippen LogP contribution in [0.3, 0.4) is 0 Å². The Labute approximate surface area is 141 Å². The van der Waals surface area contributed by atoms with Gasteiger partial charge in [0.25, 0.3) is 5.91 Å². The Bertz CT molecular complexity index is 736. The maximum Gasteiger partial charge on any atom is 0.255 e. The zero-order chi connectivity index (χ0) is 16.5. The first-order valence-electron chi connectivity index (χ1n) is 8.92. The van der Waals surface area contributed by atoms with Gasteiger partial charge in [0.1, 0.15) is 0 Å². The first-order chi connectivity index (χ1) is 11.7.